The minimum atomic E-state index is -1.91. The molecule has 0 unspecified atom stereocenters. The predicted octanol–water partition coefficient (Wildman–Crippen LogP) is -7.94. The van der Waals surface area contributed by atoms with Gasteiger partial charge in [0.2, 0.25) is 11.8 Å². The summed E-state index contributed by atoms with van der Waals surface area (Å²) in [6.07, 6.45) is -22.6. The van der Waals surface area contributed by atoms with E-state index in [1.54, 1.807) is 0 Å². The molecule has 2 amide bonds. The van der Waals surface area contributed by atoms with Crippen LogP contribution in [0.2, 0.25) is 0 Å². The molecular formula is C31H56N4O19. The molecule has 0 saturated carbocycles. The van der Waals surface area contributed by atoms with Gasteiger partial charge in [0, 0.05) is 19.4 Å². The van der Waals surface area contributed by atoms with Crippen molar-refractivity contribution in [1.82, 2.24) is 16.2 Å². The highest BCUT2D eigenvalue weighted by Crippen LogP contribution is 2.31. The average molecular weight is 789 g/mol. The van der Waals surface area contributed by atoms with E-state index in [4.69, 9.17) is 34.2 Å². The number of hydrazine groups is 1. The number of hydrogen-bond acceptors (Lipinski definition) is 21. The molecule has 15 N–H and O–H groups in total. The molecule has 3 aliphatic rings. The van der Waals surface area contributed by atoms with Crippen molar-refractivity contribution in [2.75, 3.05) is 39.5 Å². The Kier molecular flexibility index (Phi) is 19.9. The zero-order valence-electron chi connectivity index (χ0n) is 29.5. The Morgan fingerprint density at radius 2 is 1.26 bits per heavy atom. The van der Waals surface area contributed by atoms with Gasteiger partial charge in [0.05, 0.1) is 32.5 Å². The highest BCUT2D eigenvalue weighted by molar-refractivity contribution is 5.78. The summed E-state index contributed by atoms with van der Waals surface area (Å²) in [5, 5.41) is 105. The minimum Gasteiger partial charge on any atom is -0.394 e. The van der Waals surface area contributed by atoms with Crippen LogP contribution in [-0.2, 0) is 42.8 Å². The number of rotatable bonds is 22. The lowest BCUT2D eigenvalue weighted by molar-refractivity contribution is -0.366. The lowest BCUT2D eigenvalue weighted by Gasteiger charge is -2.46. The summed E-state index contributed by atoms with van der Waals surface area (Å²) in [5.41, 5.74) is 10.5. The molecule has 3 rings (SSSR count). The Morgan fingerprint density at radius 1 is 0.685 bits per heavy atom. The van der Waals surface area contributed by atoms with E-state index in [0.717, 1.165) is 6.42 Å². The largest absolute Gasteiger partial charge is 0.394 e. The smallest absolute Gasteiger partial charge is 0.234 e. The maximum Gasteiger partial charge on any atom is 0.234 e. The molecule has 54 heavy (non-hydrogen) atoms. The molecule has 3 aliphatic heterocycles. The van der Waals surface area contributed by atoms with Crippen LogP contribution in [0.3, 0.4) is 0 Å². The van der Waals surface area contributed by atoms with Crippen molar-refractivity contribution in [1.29, 1.82) is 0 Å². The van der Waals surface area contributed by atoms with E-state index in [1.807, 2.05) is 0 Å². The SMILES string of the molecule is NCCCC[C@@H](C=O)NNC(=O)CCCC(=O)NCCO[C@H]1O[C@H](CO[C@H]2O[C@H](CO)[C@@H](O)[C@H](O)[C@@H]2O)[C@@H](O)[C@H](O[C@H]2O[C@H](CO)[C@@H](O)[C@H](O)[C@@H]2O)[C@@H]1O. The van der Waals surface area contributed by atoms with Crippen molar-refractivity contribution >= 4 is 18.1 Å². The topological polar surface area (TPSA) is 371 Å². The summed E-state index contributed by atoms with van der Waals surface area (Å²) in [6.45, 7) is -2.08. The molecule has 3 saturated heterocycles. The quantitative estimate of drug-likeness (QED) is 0.0275. The second-order valence-electron chi connectivity index (χ2n) is 13.1. The van der Waals surface area contributed by atoms with Gasteiger partial charge in [0.25, 0.3) is 0 Å². The van der Waals surface area contributed by atoms with Gasteiger partial charge < -0.3 is 95.3 Å². The van der Waals surface area contributed by atoms with Crippen LogP contribution in [0.25, 0.3) is 0 Å². The number of ether oxygens (including phenoxy) is 6. The summed E-state index contributed by atoms with van der Waals surface area (Å²) < 4.78 is 33.1. The fraction of sp³-hybridized carbons (Fsp3) is 0.903. The molecular weight excluding hydrogens is 732 g/mol. The van der Waals surface area contributed by atoms with Crippen LogP contribution in [0.5, 0.6) is 0 Å². The highest BCUT2D eigenvalue weighted by atomic mass is 16.7. The Balaban J connectivity index is 1.56. The van der Waals surface area contributed by atoms with Crippen LogP contribution < -0.4 is 21.9 Å². The third-order valence-electron chi connectivity index (χ3n) is 9.10. The van der Waals surface area contributed by atoms with Gasteiger partial charge in [-0.1, -0.05) is 6.42 Å². The predicted molar refractivity (Wildman–Crippen MR) is 176 cm³/mol. The van der Waals surface area contributed by atoms with Crippen molar-refractivity contribution in [3.8, 4) is 0 Å². The van der Waals surface area contributed by atoms with Crippen LogP contribution in [0, 0.1) is 0 Å². The molecule has 23 nitrogen and oxygen atoms in total. The summed E-state index contributed by atoms with van der Waals surface area (Å²) in [7, 11) is 0. The van der Waals surface area contributed by atoms with Gasteiger partial charge >= 0.3 is 0 Å². The molecule has 0 spiro atoms. The maximum absolute atomic E-state index is 12.4. The van der Waals surface area contributed by atoms with E-state index in [9.17, 15) is 65.4 Å². The number of nitrogens with two attached hydrogens (primary N) is 1. The van der Waals surface area contributed by atoms with E-state index in [1.165, 1.54) is 0 Å². The standard InChI is InChI=1S/C31H56N4O19/c32-7-2-1-4-14(10-36)34-35-19(40)6-3-5-18(39)33-8-9-49-30-27(48)28(54-31-26(47)24(45)21(42)16(12-38)52-31)22(43)17(53-30)13-50-29-25(46)23(44)20(41)15(11-37)51-29/h10,14-17,20-31,34,37-38,41-48H,1-9,11-13,32H2,(H,33,39)(H,35,40)/t14-,15+,16+,17+,20+,21+,22+,23-,24-,25-,26-,27-,28-,29-,30-,31+/m0/s1. The number of carbonyl (C=O) groups is 3. The van der Waals surface area contributed by atoms with Crippen molar-refractivity contribution < 1.29 is 93.9 Å². The monoisotopic (exact) mass is 788 g/mol. The van der Waals surface area contributed by atoms with Gasteiger partial charge in [-0.3, -0.25) is 15.0 Å². The van der Waals surface area contributed by atoms with Crippen LogP contribution in [0.1, 0.15) is 38.5 Å². The molecule has 314 valence electrons. The van der Waals surface area contributed by atoms with Crippen molar-refractivity contribution in [2.24, 2.45) is 5.73 Å². The molecule has 3 heterocycles. The van der Waals surface area contributed by atoms with Gasteiger partial charge in [-0.15, -0.1) is 0 Å². The summed E-state index contributed by atoms with van der Waals surface area (Å²) in [6, 6.07) is -0.571. The second kappa shape index (κ2) is 23.2. The van der Waals surface area contributed by atoms with Gasteiger partial charge in [-0.05, 0) is 25.8 Å². The Morgan fingerprint density at radius 3 is 1.87 bits per heavy atom. The lowest BCUT2D eigenvalue weighted by atomic mass is 9.96. The summed E-state index contributed by atoms with van der Waals surface area (Å²) in [4.78, 5) is 35.6. The molecule has 0 bridgehead atoms. The van der Waals surface area contributed by atoms with Crippen molar-refractivity contribution in [3.63, 3.8) is 0 Å². The molecule has 16 atom stereocenters. The Bertz CT molecular complexity index is 1130. The Labute approximate surface area is 310 Å². The summed E-state index contributed by atoms with van der Waals surface area (Å²) >= 11 is 0. The number of unbranched alkanes of at least 4 members (excludes halogenated alkanes) is 1. The van der Waals surface area contributed by atoms with E-state index in [0.29, 0.717) is 25.7 Å². The normalized spacial score (nSPS) is 37.7. The average Bonchev–Trinajstić information content (AvgIpc) is 3.16. The van der Waals surface area contributed by atoms with Crippen LogP contribution in [0.15, 0.2) is 0 Å². The molecule has 3 fully saturated rings. The number of aliphatic hydroxyl groups excluding tert-OH is 10. The minimum absolute atomic E-state index is 0.0157. The lowest BCUT2D eigenvalue weighted by Crippen LogP contribution is -2.65. The number of amides is 2. The number of aliphatic hydroxyl groups is 10. The number of aldehydes is 1. The maximum atomic E-state index is 12.4. The summed E-state index contributed by atoms with van der Waals surface area (Å²) in [5.74, 6) is -0.866. The van der Waals surface area contributed by atoms with Gasteiger partial charge in [-0.2, -0.15) is 0 Å². The van der Waals surface area contributed by atoms with Crippen LogP contribution in [0.4, 0.5) is 0 Å². The molecule has 0 aliphatic carbocycles. The number of nitrogens with one attached hydrogen (secondary N) is 3. The number of hydrogen-bond donors (Lipinski definition) is 14. The third-order valence-corrected chi connectivity index (χ3v) is 9.10. The van der Waals surface area contributed by atoms with E-state index >= 15 is 0 Å². The molecule has 0 aromatic rings. The highest BCUT2D eigenvalue weighted by Gasteiger charge is 2.52. The van der Waals surface area contributed by atoms with Crippen molar-refractivity contribution in [2.45, 2.75) is 137 Å². The molecule has 23 heteroatoms. The molecule has 0 radical (unpaired) electrons. The first kappa shape index (κ1) is 46.3. The van der Waals surface area contributed by atoms with Crippen LogP contribution >= 0.6 is 0 Å². The van der Waals surface area contributed by atoms with E-state index in [-0.39, 0.29) is 32.4 Å². The first-order valence-corrected chi connectivity index (χ1v) is 17.8. The van der Waals surface area contributed by atoms with Gasteiger partial charge in [0.1, 0.15) is 79.5 Å². The van der Waals surface area contributed by atoms with Gasteiger partial charge in [-0.25, -0.2) is 5.43 Å². The number of carbonyl (C=O) groups excluding carboxylic acids is 3. The van der Waals surface area contributed by atoms with Crippen LogP contribution in [-0.4, -0.2) is 207 Å². The second-order valence-corrected chi connectivity index (χ2v) is 13.1. The first-order valence-electron chi connectivity index (χ1n) is 17.8. The Hall–Kier alpha value is -2.11. The molecule has 0 aromatic heterocycles. The van der Waals surface area contributed by atoms with E-state index in [2.05, 4.69) is 16.2 Å². The first-order chi connectivity index (χ1) is 25.8. The van der Waals surface area contributed by atoms with Crippen molar-refractivity contribution in [3.05, 3.63) is 0 Å². The van der Waals surface area contributed by atoms with Gasteiger partial charge in [0.15, 0.2) is 18.9 Å². The fourth-order valence-electron chi connectivity index (χ4n) is 5.85. The fourth-order valence-corrected chi connectivity index (χ4v) is 5.85. The third kappa shape index (κ3) is 13.0. The molecule has 0 aromatic carbocycles. The van der Waals surface area contributed by atoms with E-state index < -0.39 is 130 Å². The zero-order chi connectivity index (χ0) is 39.9. The zero-order valence-corrected chi connectivity index (χ0v) is 29.5.